The van der Waals surface area contributed by atoms with E-state index < -0.39 is 0 Å². The van der Waals surface area contributed by atoms with Crippen molar-refractivity contribution >= 4 is 16.9 Å². The number of carbonyl (C=O) groups excluding carboxylic acids is 1. The van der Waals surface area contributed by atoms with Gasteiger partial charge >= 0.3 is 0 Å². The quantitative estimate of drug-likeness (QED) is 0.279. The lowest BCUT2D eigenvalue weighted by atomic mass is 9.95. The van der Waals surface area contributed by atoms with Gasteiger partial charge in [-0.3, -0.25) is 4.79 Å². The van der Waals surface area contributed by atoms with Crippen LogP contribution in [0.25, 0.3) is 11.0 Å². The second-order valence-corrected chi connectivity index (χ2v) is 10.1. The second kappa shape index (κ2) is 11.7. The summed E-state index contributed by atoms with van der Waals surface area (Å²) in [5.41, 5.74) is 3.61. The fourth-order valence-corrected chi connectivity index (χ4v) is 5.10. The SMILES string of the molecule is CC(C)n1nnc2cc(C(=O)N3CCC(c4nccn4CCCCOCc4ccccc4)CC3)ccc21. The molecule has 1 fully saturated rings. The molecule has 0 aliphatic carbocycles. The molecule has 1 amide bonds. The van der Waals surface area contributed by atoms with Gasteiger partial charge in [-0.05, 0) is 63.3 Å². The largest absolute Gasteiger partial charge is 0.377 e. The third-order valence-electron chi connectivity index (χ3n) is 7.15. The minimum absolute atomic E-state index is 0.0679. The van der Waals surface area contributed by atoms with E-state index in [2.05, 4.69) is 52.0 Å². The number of fused-ring (bicyclic) bond motifs is 1. The lowest BCUT2D eigenvalue weighted by Crippen LogP contribution is -2.38. The molecule has 2 aromatic heterocycles. The number of hydrogen-bond acceptors (Lipinski definition) is 5. The first-order valence-electron chi connectivity index (χ1n) is 13.4. The van der Waals surface area contributed by atoms with Gasteiger partial charge in [0.1, 0.15) is 11.3 Å². The average molecular weight is 501 g/mol. The van der Waals surface area contributed by atoms with Crippen molar-refractivity contribution in [3.05, 3.63) is 77.9 Å². The molecule has 4 aromatic rings. The monoisotopic (exact) mass is 500 g/mol. The van der Waals surface area contributed by atoms with Crippen LogP contribution in [0, 0.1) is 0 Å². The van der Waals surface area contributed by atoms with Crippen molar-refractivity contribution in [2.75, 3.05) is 19.7 Å². The summed E-state index contributed by atoms with van der Waals surface area (Å²) in [6.07, 6.45) is 7.91. The van der Waals surface area contributed by atoms with Crippen LogP contribution < -0.4 is 0 Å². The molecule has 194 valence electrons. The Kier molecular flexibility index (Phi) is 7.94. The van der Waals surface area contributed by atoms with E-state index >= 15 is 0 Å². The van der Waals surface area contributed by atoms with Crippen molar-refractivity contribution in [2.45, 2.75) is 64.6 Å². The Labute approximate surface area is 218 Å². The van der Waals surface area contributed by atoms with E-state index in [9.17, 15) is 4.79 Å². The Morgan fingerprint density at radius 3 is 2.68 bits per heavy atom. The highest BCUT2D eigenvalue weighted by Crippen LogP contribution is 2.28. The molecule has 8 heteroatoms. The van der Waals surface area contributed by atoms with Crippen LogP contribution in [0.5, 0.6) is 0 Å². The summed E-state index contributed by atoms with van der Waals surface area (Å²) in [4.78, 5) is 19.8. The molecule has 1 aliphatic heterocycles. The summed E-state index contributed by atoms with van der Waals surface area (Å²) in [5.74, 6) is 1.59. The first kappa shape index (κ1) is 25.1. The molecular formula is C29H36N6O2. The smallest absolute Gasteiger partial charge is 0.253 e. The van der Waals surface area contributed by atoms with E-state index in [-0.39, 0.29) is 11.9 Å². The van der Waals surface area contributed by atoms with E-state index in [1.807, 2.05) is 52.2 Å². The Morgan fingerprint density at radius 1 is 1.08 bits per heavy atom. The van der Waals surface area contributed by atoms with Gasteiger partial charge < -0.3 is 14.2 Å². The van der Waals surface area contributed by atoms with Gasteiger partial charge in [0.15, 0.2) is 0 Å². The maximum atomic E-state index is 13.2. The molecule has 0 unspecified atom stereocenters. The number of piperidine rings is 1. The topological polar surface area (TPSA) is 78.1 Å². The predicted molar refractivity (Wildman–Crippen MR) is 143 cm³/mol. The van der Waals surface area contributed by atoms with Gasteiger partial charge in [-0.15, -0.1) is 5.10 Å². The minimum atomic E-state index is 0.0679. The Hall–Kier alpha value is -3.52. The molecule has 0 saturated carbocycles. The minimum Gasteiger partial charge on any atom is -0.377 e. The number of rotatable bonds is 10. The van der Waals surface area contributed by atoms with Crippen LogP contribution in [0.1, 0.15) is 73.2 Å². The van der Waals surface area contributed by atoms with Crippen LogP contribution in [0.3, 0.4) is 0 Å². The van der Waals surface area contributed by atoms with Gasteiger partial charge in [0.25, 0.3) is 5.91 Å². The molecular weight excluding hydrogens is 464 g/mol. The maximum absolute atomic E-state index is 13.2. The molecule has 3 heterocycles. The molecule has 0 N–H and O–H groups in total. The van der Waals surface area contributed by atoms with Crippen molar-refractivity contribution < 1.29 is 9.53 Å². The first-order chi connectivity index (χ1) is 18.1. The number of benzene rings is 2. The van der Waals surface area contributed by atoms with Crippen LogP contribution in [0.15, 0.2) is 60.9 Å². The van der Waals surface area contributed by atoms with Gasteiger partial charge in [0.05, 0.1) is 12.1 Å². The van der Waals surface area contributed by atoms with Crippen molar-refractivity contribution in [2.24, 2.45) is 0 Å². The Balaban J connectivity index is 1.09. The van der Waals surface area contributed by atoms with Crippen molar-refractivity contribution in [1.82, 2.24) is 29.4 Å². The highest BCUT2D eigenvalue weighted by molar-refractivity contribution is 5.97. The zero-order chi connectivity index (χ0) is 25.6. The summed E-state index contributed by atoms with van der Waals surface area (Å²) in [7, 11) is 0. The molecule has 0 atom stereocenters. The fourth-order valence-electron chi connectivity index (χ4n) is 5.10. The number of nitrogens with zero attached hydrogens (tertiary/aromatic N) is 6. The Morgan fingerprint density at radius 2 is 1.89 bits per heavy atom. The molecule has 1 saturated heterocycles. The molecule has 0 bridgehead atoms. The number of hydrogen-bond donors (Lipinski definition) is 0. The Bertz CT molecular complexity index is 1300. The lowest BCUT2D eigenvalue weighted by molar-refractivity contribution is 0.0710. The van der Waals surface area contributed by atoms with Gasteiger partial charge in [0.2, 0.25) is 0 Å². The second-order valence-electron chi connectivity index (χ2n) is 10.1. The van der Waals surface area contributed by atoms with E-state index in [0.717, 1.165) is 68.8 Å². The number of amides is 1. The number of unbranched alkanes of at least 4 members (excludes halogenated alkanes) is 1. The number of aromatic nitrogens is 5. The fraction of sp³-hybridized carbons (Fsp3) is 0.448. The number of imidazole rings is 1. The van der Waals surface area contributed by atoms with Gasteiger partial charge in [-0.25, -0.2) is 9.67 Å². The van der Waals surface area contributed by atoms with Gasteiger partial charge in [0, 0.05) is 56.2 Å². The van der Waals surface area contributed by atoms with E-state index in [4.69, 9.17) is 4.74 Å². The molecule has 2 aromatic carbocycles. The molecule has 37 heavy (non-hydrogen) atoms. The first-order valence-corrected chi connectivity index (χ1v) is 13.4. The number of aryl methyl sites for hydroxylation is 1. The van der Waals surface area contributed by atoms with E-state index in [1.54, 1.807) is 0 Å². The van der Waals surface area contributed by atoms with Crippen LogP contribution in [-0.2, 0) is 17.9 Å². The van der Waals surface area contributed by atoms with Crippen molar-refractivity contribution in [3.63, 3.8) is 0 Å². The summed E-state index contributed by atoms with van der Waals surface area (Å²) in [5, 5.41) is 8.49. The molecule has 0 radical (unpaired) electrons. The summed E-state index contributed by atoms with van der Waals surface area (Å²) < 4.78 is 9.99. The summed E-state index contributed by atoms with van der Waals surface area (Å²) in [6, 6.07) is 16.2. The van der Waals surface area contributed by atoms with Crippen molar-refractivity contribution in [3.8, 4) is 0 Å². The zero-order valence-electron chi connectivity index (χ0n) is 21.8. The number of ether oxygens (including phenoxy) is 1. The van der Waals surface area contributed by atoms with Crippen LogP contribution in [-0.4, -0.2) is 55.0 Å². The third kappa shape index (κ3) is 5.91. The summed E-state index contributed by atoms with van der Waals surface area (Å²) in [6.45, 7) is 8.00. The maximum Gasteiger partial charge on any atom is 0.253 e. The number of likely N-dealkylation sites (tertiary alicyclic amines) is 1. The van der Waals surface area contributed by atoms with Gasteiger partial charge in [-0.1, -0.05) is 35.5 Å². The number of carbonyl (C=O) groups is 1. The third-order valence-corrected chi connectivity index (χ3v) is 7.15. The molecule has 1 aliphatic rings. The van der Waals surface area contributed by atoms with E-state index in [0.29, 0.717) is 18.1 Å². The highest BCUT2D eigenvalue weighted by atomic mass is 16.5. The van der Waals surface area contributed by atoms with Crippen LogP contribution in [0.4, 0.5) is 0 Å². The normalized spacial score (nSPS) is 14.6. The average Bonchev–Trinajstić information content (AvgIpc) is 3.58. The molecule has 5 rings (SSSR count). The zero-order valence-corrected chi connectivity index (χ0v) is 21.8. The van der Waals surface area contributed by atoms with Crippen LogP contribution >= 0.6 is 0 Å². The van der Waals surface area contributed by atoms with E-state index in [1.165, 1.54) is 5.56 Å². The van der Waals surface area contributed by atoms with Crippen LogP contribution in [0.2, 0.25) is 0 Å². The highest BCUT2D eigenvalue weighted by Gasteiger charge is 2.27. The lowest BCUT2D eigenvalue weighted by Gasteiger charge is -2.32. The standard InChI is InChI=1S/C29H36N6O2/c1-22(2)35-27-11-10-25(20-26(27)31-32-35)29(36)34-16-12-24(13-17-34)28-30-14-18-33(28)15-6-7-19-37-21-23-8-4-3-5-9-23/h3-5,8-11,14,18,20,22,24H,6-7,12-13,15-17,19,21H2,1-2H3. The molecule has 8 nitrogen and oxygen atoms in total. The van der Waals surface area contributed by atoms with Crippen molar-refractivity contribution in [1.29, 1.82) is 0 Å². The molecule has 0 spiro atoms. The van der Waals surface area contributed by atoms with Gasteiger partial charge in [-0.2, -0.15) is 0 Å². The summed E-state index contributed by atoms with van der Waals surface area (Å²) >= 11 is 0. The predicted octanol–water partition coefficient (Wildman–Crippen LogP) is 5.23.